The van der Waals surface area contributed by atoms with Crippen molar-refractivity contribution in [2.24, 2.45) is 0 Å². The highest BCUT2D eigenvalue weighted by atomic mass is 16.5. The zero-order valence-electron chi connectivity index (χ0n) is 15.3. The summed E-state index contributed by atoms with van der Waals surface area (Å²) in [5.41, 5.74) is 1.64. The van der Waals surface area contributed by atoms with E-state index >= 15 is 0 Å². The van der Waals surface area contributed by atoms with E-state index in [2.05, 4.69) is 20.3 Å². The zero-order valence-corrected chi connectivity index (χ0v) is 15.3. The van der Waals surface area contributed by atoms with Crippen LogP contribution >= 0.6 is 0 Å². The predicted octanol–water partition coefficient (Wildman–Crippen LogP) is 3.26. The van der Waals surface area contributed by atoms with Crippen LogP contribution in [0.4, 0.5) is 0 Å². The van der Waals surface area contributed by atoms with Crippen molar-refractivity contribution < 1.29 is 13.8 Å². The quantitative estimate of drug-likeness (QED) is 0.698. The number of pyridine rings is 1. The van der Waals surface area contributed by atoms with Crippen LogP contribution in [0, 0.1) is 0 Å². The highest BCUT2D eigenvalue weighted by Gasteiger charge is 2.29. The molecule has 1 aliphatic rings. The first-order valence-electron chi connectivity index (χ1n) is 9.11. The Balaban J connectivity index is 1.39. The minimum absolute atomic E-state index is 0.113. The molecule has 1 saturated heterocycles. The third-order valence-corrected chi connectivity index (χ3v) is 4.85. The topological polar surface area (TPSA) is 98.2 Å². The van der Waals surface area contributed by atoms with Crippen LogP contribution in [0.1, 0.15) is 60.6 Å². The van der Waals surface area contributed by atoms with E-state index in [1.807, 2.05) is 26.0 Å². The smallest absolute Gasteiger partial charge is 0.292 e. The van der Waals surface area contributed by atoms with Crippen LogP contribution in [0.5, 0.6) is 0 Å². The normalized spacial score (nSPS) is 15.4. The average Bonchev–Trinajstić information content (AvgIpc) is 3.38. The Kier molecular flexibility index (Phi) is 4.70. The second-order valence-electron chi connectivity index (χ2n) is 7.03. The first-order valence-corrected chi connectivity index (χ1v) is 9.11. The first kappa shape index (κ1) is 17.4. The summed E-state index contributed by atoms with van der Waals surface area (Å²) < 4.78 is 10.6. The fourth-order valence-corrected chi connectivity index (χ4v) is 3.17. The summed E-state index contributed by atoms with van der Waals surface area (Å²) in [4.78, 5) is 22.9. The highest BCUT2D eigenvalue weighted by Crippen LogP contribution is 2.28. The predicted molar refractivity (Wildman–Crippen MR) is 96.0 cm³/mol. The number of piperidine rings is 1. The van der Waals surface area contributed by atoms with Crippen LogP contribution in [-0.4, -0.2) is 44.2 Å². The Morgan fingerprint density at radius 1 is 1.15 bits per heavy atom. The number of carbonyl (C=O) groups is 1. The van der Waals surface area contributed by atoms with Crippen molar-refractivity contribution in [3.05, 3.63) is 47.9 Å². The molecule has 0 aromatic carbocycles. The van der Waals surface area contributed by atoms with E-state index < -0.39 is 0 Å². The molecule has 1 fully saturated rings. The van der Waals surface area contributed by atoms with E-state index in [-0.39, 0.29) is 17.7 Å². The van der Waals surface area contributed by atoms with Crippen LogP contribution in [0.15, 0.2) is 39.6 Å². The lowest BCUT2D eigenvalue weighted by atomic mass is 9.96. The third kappa shape index (κ3) is 3.60. The molecule has 0 unspecified atom stereocenters. The molecule has 0 N–H and O–H groups in total. The molecular formula is C19H21N5O3. The van der Waals surface area contributed by atoms with Crippen molar-refractivity contribution >= 4 is 5.91 Å². The molecule has 3 aromatic heterocycles. The monoisotopic (exact) mass is 367 g/mol. The van der Waals surface area contributed by atoms with Crippen LogP contribution < -0.4 is 0 Å². The highest BCUT2D eigenvalue weighted by molar-refractivity contribution is 5.91. The second kappa shape index (κ2) is 7.30. The van der Waals surface area contributed by atoms with Gasteiger partial charge in [0.1, 0.15) is 0 Å². The number of aromatic nitrogens is 4. The summed E-state index contributed by atoms with van der Waals surface area (Å²) in [6, 6.07) is 5.40. The van der Waals surface area contributed by atoms with Crippen molar-refractivity contribution in [3.63, 3.8) is 0 Å². The van der Waals surface area contributed by atoms with Gasteiger partial charge in [0.05, 0.1) is 5.69 Å². The van der Waals surface area contributed by atoms with E-state index in [1.54, 1.807) is 23.4 Å². The number of nitrogens with zero attached hydrogens (tertiary/aromatic N) is 5. The zero-order chi connectivity index (χ0) is 18.8. The number of amides is 1. The molecule has 140 valence electrons. The number of carbonyl (C=O) groups excluding carboxylic acids is 1. The fourth-order valence-electron chi connectivity index (χ4n) is 3.17. The Labute approximate surface area is 156 Å². The molecule has 0 radical (unpaired) electrons. The van der Waals surface area contributed by atoms with E-state index in [0.717, 1.165) is 24.1 Å². The van der Waals surface area contributed by atoms with E-state index in [9.17, 15) is 4.79 Å². The Bertz CT molecular complexity index is 910. The van der Waals surface area contributed by atoms with Gasteiger partial charge in [-0.1, -0.05) is 24.2 Å². The molecule has 0 aliphatic carbocycles. The molecule has 3 aromatic rings. The van der Waals surface area contributed by atoms with Gasteiger partial charge >= 0.3 is 0 Å². The van der Waals surface area contributed by atoms with Crippen molar-refractivity contribution in [2.75, 3.05) is 13.1 Å². The Hall–Kier alpha value is -3.03. The molecule has 0 saturated carbocycles. The third-order valence-electron chi connectivity index (χ3n) is 4.85. The molecule has 0 spiro atoms. The lowest BCUT2D eigenvalue weighted by molar-refractivity contribution is 0.0668. The van der Waals surface area contributed by atoms with E-state index in [1.165, 1.54) is 0 Å². The fraction of sp³-hybridized carbons (Fsp3) is 0.421. The van der Waals surface area contributed by atoms with Gasteiger partial charge in [-0.05, 0) is 30.9 Å². The second-order valence-corrected chi connectivity index (χ2v) is 7.03. The van der Waals surface area contributed by atoms with Gasteiger partial charge in [0, 0.05) is 43.0 Å². The molecule has 4 heterocycles. The average molecular weight is 367 g/mol. The molecule has 8 heteroatoms. The molecule has 8 nitrogen and oxygen atoms in total. The van der Waals surface area contributed by atoms with Crippen molar-refractivity contribution in [1.82, 2.24) is 25.2 Å². The summed E-state index contributed by atoms with van der Waals surface area (Å²) >= 11 is 0. The van der Waals surface area contributed by atoms with Gasteiger partial charge in [-0.15, -0.1) is 0 Å². The van der Waals surface area contributed by atoms with E-state index in [4.69, 9.17) is 9.05 Å². The summed E-state index contributed by atoms with van der Waals surface area (Å²) in [7, 11) is 0. The summed E-state index contributed by atoms with van der Waals surface area (Å²) in [5.74, 6) is 1.78. The van der Waals surface area contributed by atoms with E-state index in [0.29, 0.717) is 30.6 Å². The molecule has 4 rings (SSSR count). The van der Waals surface area contributed by atoms with Crippen LogP contribution in [0.25, 0.3) is 11.5 Å². The van der Waals surface area contributed by atoms with Gasteiger partial charge in [-0.25, -0.2) is 0 Å². The Morgan fingerprint density at radius 2 is 1.89 bits per heavy atom. The number of likely N-dealkylation sites (tertiary alicyclic amines) is 1. The number of hydrogen-bond acceptors (Lipinski definition) is 7. The van der Waals surface area contributed by atoms with Crippen LogP contribution in [0.3, 0.4) is 0 Å². The minimum Gasteiger partial charge on any atom is -0.351 e. The molecular weight excluding hydrogens is 346 g/mol. The standard InChI is InChI=1S/C19H21N5O3/c1-12(2)15-11-16(26-22-15)19(25)24-9-5-13(6-10-24)17-21-18(27-23-17)14-3-7-20-8-4-14/h3-4,7-8,11-13H,5-6,9-10H2,1-2H3. The maximum Gasteiger partial charge on any atom is 0.292 e. The molecule has 0 atom stereocenters. The maximum absolute atomic E-state index is 12.6. The Morgan fingerprint density at radius 3 is 2.56 bits per heavy atom. The van der Waals surface area contributed by atoms with Crippen LogP contribution in [0.2, 0.25) is 0 Å². The molecule has 1 aliphatic heterocycles. The molecule has 27 heavy (non-hydrogen) atoms. The van der Waals surface area contributed by atoms with Crippen LogP contribution in [-0.2, 0) is 0 Å². The number of hydrogen-bond donors (Lipinski definition) is 0. The van der Waals surface area contributed by atoms with Gasteiger partial charge < -0.3 is 13.9 Å². The van der Waals surface area contributed by atoms with Gasteiger partial charge in [0.25, 0.3) is 11.8 Å². The maximum atomic E-state index is 12.6. The van der Waals surface area contributed by atoms with Gasteiger partial charge in [-0.3, -0.25) is 9.78 Å². The number of rotatable bonds is 4. The largest absolute Gasteiger partial charge is 0.351 e. The van der Waals surface area contributed by atoms with Crippen molar-refractivity contribution in [3.8, 4) is 11.5 Å². The molecule has 0 bridgehead atoms. The minimum atomic E-state index is -0.113. The van der Waals surface area contributed by atoms with Gasteiger partial charge in [0.15, 0.2) is 5.82 Å². The van der Waals surface area contributed by atoms with Gasteiger partial charge in [0.2, 0.25) is 5.76 Å². The molecule has 1 amide bonds. The first-order chi connectivity index (χ1) is 13.1. The van der Waals surface area contributed by atoms with Crippen molar-refractivity contribution in [2.45, 2.75) is 38.5 Å². The lowest BCUT2D eigenvalue weighted by Crippen LogP contribution is -2.38. The summed E-state index contributed by atoms with van der Waals surface area (Å²) in [6.45, 7) is 5.28. The summed E-state index contributed by atoms with van der Waals surface area (Å²) in [5, 5.41) is 8.09. The lowest BCUT2D eigenvalue weighted by Gasteiger charge is -2.29. The summed E-state index contributed by atoms with van der Waals surface area (Å²) in [6.07, 6.45) is 4.95. The van der Waals surface area contributed by atoms with Gasteiger partial charge in [-0.2, -0.15) is 4.98 Å². The SMILES string of the molecule is CC(C)c1cc(C(=O)N2CCC(c3noc(-c4ccncc4)n3)CC2)on1. The van der Waals surface area contributed by atoms with Crippen molar-refractivity contribution in [1.29, 1.82) is 0 Å².